The van der Waals surface area contributed by atoms with Gasteiger partial charge in [-0.25, -0.2) is 0 Å². The fourth-order valence-corrected chi connectivity index (χ4v) is 3.66. The molecule has 0 spiro atoms. The summed E-state index contributed by atoms with van der Waals surface area (Å²) >= 11 is 12.4. The van der Waals surface area contributed by atoms with Crippen molar-refractivity contribution in [3.05, 3.63) is 33.3 Å². The molecule has 3 rings (SSSR count). The Balaban J connectivity index is 0.00000108. The van der Waals surface area contributed by atoms with Gasteiger partial charge in [0.1, 0.15) is 0 Å². The molecule has 0 unspecified atom stereocenters. The first-order valence-electron chi connectivity index (χ1n) is 5.79. The van der Waals surface area contributed by atoms with Crippen molar-refractivity contribution in [2.45, 2.75) is 25.7 Å². The molecule has 1 nitrogen and oxygen atoms in total. The highest BCUT2D eigenvalue weighted by atomic mass is 35.5. The van der Waals surface area contributed by atoms with Crippen molar-refractivity contribution in [2.75, 3.05) is 13.1 Å². The molecule has 2 atom stereocenters. The van der Waals surface area contributed by atoms with Crippen molar-refractivity contribution < 1.29 is 0 Å². The summed E-state index contributed by atoms with van der Waals surface area (Å²) in [6.07, 6.45) is 2.27. The van der Waals surface area contributed by atoms with Gasteiger partial charge in [0.25, 0.3) is 0 Å². The minimum absolute atomic E-state index is 0. The zero-order valence-corrected chi connectivity index (χ0v) is 12.1. The van der Waals surface area contributed by atoms with Crippen LogP contribution in [-0.4, -0.2) is 13.1 Å². The molecule has 0 amide bonds. The second kappa shape index (κ2) is 4.62. The van der Waals surface area contributed by atoms with Gasteiger partial charge in [0.05, 0.1) is 10.0 Å². The average molecular weight is 293 g/mol. The van der Waals surface area contributed by atoms with E-state index >= 15 is 0 Å². The third-order valence-electron chi connectivity index (χ3n) is 4.27. The van der Waals surface area contributed by atoms with Crippen LogP contribution in [0.5, 0.6) is 0 Å². The first-order chi connectivity index (χ1) is 7.62. The maximum atomic E-state index is 6.29. The third kappa shape index (κ3) is 1.98. The Labute approximate surface area is 118 Å². The van der Waals surface area contributed by atoms with E-state index in [-0.39, 0.29) is 12.4 Å². The predicted octanol–water partition coefficient (Wildman–Crippen LogP) is 4.05. The van der Waals surface area contributed by atoms with Gasteiger partial charge in [-0.15, -0.1) is 12.4 Å². The number of nitrogens with one attached hydrogen (secondary N) is 1. The summed E-state index contributed by atoms with van der Waals surface area (Å²) < 4.78 is 0. The van der Waals surface area contributed by atoms with Gasteiger partial charge in [-0.1, -0.05) is 36.2 Å². The number of fused-ring (bicyclic) bond motifs is 3. The molecule has 2 aliphatic rings. The van der Waals surface area contributed by atoms with Crippen LogP contribution in [0, 0.1) is 5.41 Å². The summed E-state index contributed by atoms with van der Waals surface area (Å²) in [5, 5.41) is 4.96. The molecule has 1 aliphatic heterocycles. The van der Waals surface area contributed by atoms with Crippen LogP contribution in [-0.2, 0) is 6.42 Å². The topological polar surface area (TPSA) is 12.0 Å². The van der Waals surface area contributed by atoms with Crippen LogP contribution in [0.25, 0.3) is 0 Å². The van der Waals surface area contributed by atoms with Crippen LogP contribution in [0.3, 0.4) is 0 Å². The molecule has 0 radical (unpaired) electrons. The molecule has 0 bridgehead atoms. The molecule has 1 fully saturated rings. The van der Waals surface area contributed by atoms with Crippen molar-refractivity contribution in [1.29, 1.82) is 0 Å². The molecule has 94 valence electrons. The quantitative estimate of drug-likeness (QED) is 0.760. The van der Waals surface area contributed by atoms with Crippen molar-refractivity contribution >= 4 is 35.6 Å². The molecular formula is C13H16Cl3N. The van der Waals surface area contributed by atoms with Crippen molar-refractivity contribution in [1.82, 2.24) is 5.32 Å². The number of hydrogen-bond donors (Lipinski definition) is 1. The van der Waals surface area contributed by atoms with Gasteiger partial charge in [-0.05, 0) is 35.4 Å². The largest absolute Gasteiger partial charge is 0.316 e. The maximum Gasteiger partial charge on any atom is 0.0627 e. The summed E-state index contributed by atoms with van der Waals surface area (Å²) in [5.41, 5.74) is 3.10. The number of hydrogen-bond acceptors (Lipinski definition) is 1. The standard InChI is InChI=1S/C13H15Cl2N.ClH/c1-13-5-4-9-8(10(13)6-16-7-13)2-3-11(14)12(9)15;/h2-3,10,16H,4-7H2,1H3;1H/t10-,13+;/m1./s1. The zero-order chi connectivity index (χ0) is 11.3. The van der Waals surface area contributed by atoms with E-state index in [0.717, 1.165) is 24.5 Å². The van der Waals surface area contributed by atoms with E-state index in [1.807, 2.05) is 6.07 Å². The Morgan fingerprint density at radius 2 is 2.12 bits per heavy atom. The van der Waals surface area contributed by atoms with E-state index in [4.69, 9.17) is 23.2 Å². The van der Waals surface area contributed by atoms with E-state index < -0.39 is 0 Å². The van der Waals surface area contributed by atoms with Gasteiger partial charge < -0.3 is 5.32 Å². The molecule has 1 aromatic carbocycles. The van der Waals surface area contributed by atoms with E-state index in [1.54, 1.807) is 0 Å². The molecule has 0 saturated carbocycles. The van der Waals surface area contributed by atoms with E-state index in [9.17, 15) is 0 Å². The van der Waals surface area contributed by atoms with Gasteiger partial charge in [0.15, 0.2) is 0 Å². The highest BCUT2D eigenvalue weighted by Crippen LogP contribution is 2.49. The highest BCUT2D eigenvalue weighted by molar-refractivity contribution is 6.42. The lowest BCUT2D eigenvalue weighted by Gasteiger charge is -2.37. The molecule has 1 heterocycles. The molecule has 17 heavy (non-hydrogen) atoms. The monoisotopic (exact) mass is 291 g/mol. The zero-order valence-electron chi connectivity index (χ0n) is 9.72. The van der Waals surface area contributed by atoms with E-state index in [1.165, 1.54) is 17.5 Å². The Morgan fingerprint density at radius 1 is 1.35 bits per heavy atom. The molecule has 1 aliphatic carbocycles. The second-order valence-electron chi connectivity index (χ2n) is 5.27. The predicted molar refractivity (Wildman–Crippen MR) is 75.7 cm³/mol. The smallest absolute Gasteiger partial charge is 0.0627 e. The van der Waals surface area contributed by atoms with Crippen molar-refractivity contribution in [3.63, 3.8) is 0 Å². The molecular weight excluding hydrogens is 277 g/mol. The number of halogens is 3. The molecule has 1 aromatic rings. The summed E-state index contributed by atoms with van der Waals surface area (Å²) in [7, 11) is 0. The Kier molecular flexibility index (Phi) is 3.66. The van der Waals surface area contributed by atoms with Crippen LogP contribution in [0.1, 0.15) is 30.4 Å². The first-order valence-corrected chi connectivity index (χ1v) is 6.55. The maximum absolute atomic E-state index is 6.29. The Bertz CT molecular complexity index is 447. The van der Waals surface area contributed by atoms with Crippen LogP contribution >= 0.6 is 35.6 Å². The van der Waals surface area contributed by atoms with E-state index in [2.05, 4.69) is 18.3 Å². The van der Waals surface area contributed by atoms with Crippen molar-refractivity contribution in [2.24, 2.45) is 5.41 Å². The first kappa shape index (κ1) is 13.5. The van der Waals surface area contributed by atoms with E-state index in [0.29, 0.717) is 16.4 Å². The lowest BCUT2D eigenvalue weighted by Crippen LogP contribution is -2.30. The minimum atomic E-state index is 0. The lowest BCUT2D eigenvalue weighted by molar-refractivity contribution is 0.277. The van der Waals surface area contributed by atoms with Crippen LogP contribution in [0.2, 0.25) is 10.0 Å². The fraction of sp³-hybridized carbons (Fsp3) is 0.538. The normalized spacial score (nSPS) is 30.4. The van der Waals surface area contributed by atoms with Gasteiger partial charge in [-0.3, -0.25) is 0 Å². The molecule has 0 aromatic heterocycles. The second-order valence-corrected chi connectivity index (χ2v) is 6.05. The van der Waals surface area contributed by atoms with Gasteiger partial charge >= 0.3 is 0 Å². The Morgan fingerprint density at radius 3 is 2.88 bits per heavy atom. The highest BCUT2D eigenvalue weighted by Gasteiger charge is 2.43. The SMILES string of the molecule is C[C@@]12CCc3c(ccc(Cl)c3Cl)[C@H]1CNC2.Cl. The van der Waals surface area contributed by atoms with Crippen LogP contribution < -0.4 is 5.32 Å². The molecule has 1 saturated heterocycles. The molecule has 4 heteroatoms. The molecule has 1 N–H and O–H groups in total. The van der Waals surface area contributed by atoms with Gasteiger partial charge in [-0.2, -0.15) is 0 Å². The lowest BCUT2D eigenvalue weighted by atomic mass is 9.67. The number of benzene rings is 1. The average Bonchev–Trinajstić information content (AvgIpc) is 2.65. The van der Waals surface area contributed by atoms with Gasteiger partial charge in [0, 0.05) is 19.0 Å². The minimum Gasteiger partial charge on any atom is -0.316 e. The van der Waals surface area contributed by atoms with Crippen LogP contribution in [0.15, 0.2) is 12.1 Å². The fourth-order valence-electron chi connectivity index (χ4n) is 3.22. The summed E-state index contributed by atoms with van der Waals surface area (Å²) in [5.74, 6) is 0.603. The third-order valence-corrected chi connectivity index (χ3v) is 5.12. The summed E-state index contributed by atoms with van der Waals surface area (Å²) in [6, 6.07) is 4.10. The summed E-state index contributed by atoms with van der Waals surface area (Å²) in [4.78, 5) is 0. The van der Waals surface area contributed by atoms with Crippen LogP contribution in [0.4, 0.5) is 0 Å². The Hall–Kier alpha value is 0.0500. The van der Waals surface area contributed by atoms with Gasteiger partial charge in [0.2, 0.25) is 0 Å². The number of rotatable bonds is 0. The van der Waals surface area contributed by atoms with Crippen molar-refractivity contribution in [3.8, 4) is 0 Å². The summed E-state index contributed by atoms with van der Waals surface area (Å²) in [6.45, 7) is 4.57.